The van der Waals surface area contributed by atoms with E-state index in [1.807, 2.05) is 31.3 Å². The molecule has 2 aliphatic rings. The highest BCUT2D eigenvalue weighted by Crippen LogP contribution is 2.37. The summed E-state index contributed by atoms with van der Waals surface area (Å²) >= 11 is 1.04. The first kappa shape index (κ1) is 26.3. The van der Waals surface area contributed by atoms with Gasteiger partial charge in [-0.05, 0) is 80.0 Å². The van der Waals surface area contributed by atoms with Crippen molar-refractivity contribution in [3.05, 3.63) is 65.7 Å². The average Bonchev–Trinajstić information content (AvgIpc) is 3.22. The van der Waals surface area contributed by atoms with Gasteiger partial charge in [0.2, 0.25) is 11.8 Å². The van der Waals surface area contributed by atoms with Crippen molar-refractivity contribution in [3.63, 3.8) is 0 Å². The van der Waals surface area contributed by atoms with E-state index in [9.17, 15) is 14.4 Å². The summed E-state index contributed by atoms with van der Waals surface area (Å²) in [5, 5.41) is 1.66. The molecule has 1 aliphatic carbocycles. The Morgan fingerprint density at radius 2 is 1.75 bits per heavy atom. The third kappa shape index (κ3) is 7.60. The lowest BCUT2D eigenvalue weighted by atomic mass is 9.77. The molecular weight excluding hydrogens is 472 g/mol. The van der Waals surface area contributed by atoms with E-state index >= 15 is 0 Å². The Bertz CT molecular complexity index is 1020. The van der Waals surface area contributed by atoms with Gasteiger partial charge in [-0.3, -0.25) is 19.7 Å². The summed E-state index contributed by atoms with van der Waals surface area (Å²) in [6.07, 6.45) is 8.24. The van der Waals surface area contributed by atoms with Crippen LogP contribution in [-0.2, 0) is 16.0 Å². The number of imide groups is 1. The van der Waals surface area contributed by atoms with Gasteiger partial charge in [0.15, 0.2) is 0 Å². The molecule has 0 bridgehead atoms. The zero-order chi connectivity index (χ0) is 25.3. The van der Waals surface area contributed by atoms with Crippen molar-refractivity contribution in [1.82, 2.24) is 10.2 Å². The zero-order valence-electron chi connectivity index (χ0n) is 21.0. The molecule has 36 heavy (non-hydrogen) atoms. The van der Waals surface area contributed by atoms with Crippen molar-refractivity contribution in [2.45, 2.75) is 62.5 Å². The first-order chi connectivity index (χ1) is 17.5. The van der Waals surface area contributed by atoms with Crippen LogP contribution in [-0.4, -0.2) is 47.4 Å². The lowest BCUT2D eigenvalue weighted by molar-refractivity contribution is -0.130. The molecule has 7 heteroatoms. The maximum Gasteiger partial charge on any atom is 0.286 e. The SMILES string of the molecule is CN(CCOc1ccc(CC2SC(=O)NC2=O)cc1)C(=O)CCC[C@H]1CC[C@H](c2ccccc2)CC1. The molecule has 1 unspecified atom stereocenters. The summed E-state index contributed by atoms with van der Waals surface area (Å²) < 4.78 is 5.80. The third-order valence-electron chi connectivity index (χ3n) is 7.35. The van der Waals surface area contributed by atoms with Gasteiger partial charge in [-0.25, -0.2) is 0 Å². The van der Waals surface area contributed by atoms with Gasteiger partial charge in [-0.2, -0.15) is 0 Å². The number of rotatable bonds is 11. The van der Waals surface area contributed by atoms with Crippen LogP contribution in [0.1, 0.15) is 62.0 Å². The highest BCUT2D eigenvalue weighted by Gasteiger charge is 2.31. The molecule has 2 aromatic carbocycles. The van der Waals surface area contributed by atoms with Gasteiger partial charge >= 0.3 is 0 Å². The molecular formula is C29H36N2O4S. The summed E-state index contributed by atoms with van der Waals surface area (Å²) in [5.41, 5.74) is 2.45. The van der Waals surface area contributed by atoms with Gasteiger partial charge in [0, 0.05) is 13.5 Å². The highest BCUT2D eigenvalue weighted by molar-refractivity contribution is 8.15. The van der Waals surface area contributed by atoms with Gasteiger partial charge in [0.05, 0.1) is 11.8 Å². The second kappa shape index (κ2) is 12.9. The van der Waals surface area contributed by atoms with E-state index in [0.29, 0.717) is 31.9 Å². The molecule has 1 atom stereocenters. The lowest BCUT2D eigenvalue weighted by Gasteiger charge is -2.29. The largest absolute Gasteiger partial charge is 0.492 e. The van der Waals surface area contributed by atoms with Gasteiger partial charge < -0.3 is 9.64 Å². The first-order valence-corrected chi connectivity index (χ1v) is 13.9. The molecule has 1 saturated heterocycles. The maximum atomic E-state index is 12.5. The molecule has 1 heterocycles. The van der Waals surface area contributed by atoms with Crippen LogP contribution in [0.25, 0.3) is 0 Å². The summed E-state index contributed by atoms with van der Waals surface area (Å²) in [6.45, 7) is 0.976. The summed E-state index contributed by atoms with van der Waals surface area (Å²) in [7, 11) is 1.84. The fraction of sp³-hybridized carbons (Fsp3) is 0.483. The molecule has 0 aromatic heterocycles. The van der Waals surface area contributed by atoms with Crippen LogP contribution in [0.3, 0.4) is 0 Å². The number of thioether (sulfide) groups is 1. The Labute approximate surface area is 218 Å². The topological polar surface area (TPSA) is 75.7 Å². The number of carbonyl (C=O) groups excluding carboxylic acids is 3. The standard InChI is InChI=1S/C29H36N2O4S/c1-31(18-19-35-25-16-12-22(13-17-25)20-26-28(33)30-29(34)36-26)27(32)9-5-6-21-10-14-24(15-11-21)23-7-3-2-4-8-23/h2-4,7-8,12-13,16-17,21,24,26H,5-6,9-11,14-15,18-20H2,1H3,(H,30,33,34)/t21-,24-,26?. The van der Waals surface area contributed by atoms with Crippen LogP contribution in [0.2, 0.25) is 0 Å². The van der Waals surface area contributed by atoms with Gasteiger partial charge in [-0.1, -0.05) is 54.2 Å². The molecule has 0 radical (unpaired) electrons. The number of carbonyl (C=O) groups is 3. The van der Waals surface area contributed by atoms with Crippen LogP contribution in [0.4, 0.5) is 4.79 Å². The maximum absolute atomic E-state index is 12.5. The highest BCUT2D eigenvalue weighted by atomic mass is 32.2. The van der Waals surface area contributed by atoms with Crippen LogP contribution in [0.15, 0.2) is 54.6 Å². The number of likely N-dealkylation sites (N-methyl/N-ethyl adjacent to an activating group) is 1. The Morgan fingerprint density at radius 1 is 1.03 bits per heavy atom. The predicted octanol–water partition coefficient (Wildman–Crippen LogP) is 5.56. The fourth-order valence-electron chi connectivity index (χ4n) is 5.13. The molecule has 1 saturated carbocycles. The second-order valence-corrected chi connectivity index (χ2v) is 11.1. The average molecular weight is 509 g/mol. The number of ether oxygens (including phenoxy) is 1. The molecule has 0 spiro atoms. The number of hydrogen-bond acceptors (Lipinski definition) is 5. The van der Waals surface area contributed by atoms with Crippen LogP contribution >= 0.6 is 11.8 Å². The van der Waals surface area contributed by atoms with Crippen molar-refractivity contribution in [2.24, 2.45) is 5.92 Å². The Balaban J connectivity index is 1.08. The Hall–Kier alpha value is -2.80. The molecule has 2 aromatic rings. The quantitative estimate of drug-likeness (QED) is 0.430. The smallest absolute Gasteiger partial charge is 0.286 e. The van der Waals surface area contributed by atoms with Gasteiger partial charge in [0.25, 0.3) is 5.24 Å². The van der Waals surface area contributed by atoms with E-state index < -0.39 is 0 Å². The molecule has 3 amide bonds. The summed E-state index contributed by atoms with van der Waals surface area (Å²) in [6, 6.07) is 18.4. The monoisotopic (exact) mass is 508 g/mol. The minimum absolute atomic E-state index is 0.175. The minimum Gasteiger partial charge on any atom is -0.492 e. The lowest BCUT2D eigenvalue weighted by Crippen LogP contribution is -2.30. The number of amides is 3. The molecule has 192 valence electrons. The third-order valence-corrected chi connectivity index (χ3v) is 8.33. The second-order valence-electron chi connectivity index (χ2n) is 9.92. The van der Waals surface area contributed by atoms with Gasteiger partial charge in [0.1, 0.15) is 12.4 Å². The summed E-state index contributed by atoms with van der Waals surface area (Å²) in [4.78, 5) is 37.3. The predicted molar refractivity (Wildman–Crippen MR) is 143 cm³/mol. The number of nitrogens with one attached hydrogen (secondary N) is 1. The van der Waals surface area contributed by atoms with E-state index in [4.69, 9.17) is 4.74 Å². The van der Waals surface area contributed by atoms with Crippen molar-refractivity contribution in [2.75, 3.05) is 20.2 Å². The molecule has 1 N–H and O–H groups in total. The molecule has 6 nitrogen and oxygen atoms in total. The van der Waals surface area contributed by atoms with Crippen LogP contribution in [0, 0.1) is 5.92 Å². The van der Waals surface area contributed by atoms with Crippen molar-refractivity contribution < 1.29 is 19.1 Å². The van der Waals surface area contributed by atoms with Gasteiger partial charge in [-0.15, -0.1) is 0 Å². The minimum atomic E-state index is -0.367. The van der Waals surface area contributed by atoms with Crippen molar-refractivity contribution >= 4 is 28.8 Å². The Morgan fingerprint density at radius 3 is 2.42 bits per heavy atom. The normalized spacial score (nSPS) is 21.8. The van der Waals surface area contributed by atoms with Crippen molar-refractivity contribution in [1.29, 1.82) is 0 Å². The first-order valence-electron chi connectivity index (χ1n) is 13.0. The summed E-state index contributed by atoms with van der Waals surface area (Å²) in [5.74, 6) is 2.12. The number of benzene rings is 2. The fourth-order valence-corrected chi connectivity index (χ4v) is 5.99. The molecule has 4 rings (SSSR count). The van der Waals surface area contributed by atoms with E-state index in [1.165, 1.54) is 31.2 Å². The van der Waals surface area contributed by atoms with E-state index in [-0.39, 0.29) is 22.3 Å². The molecule has 2 fully saturated rings. The number of hydrogen-bond donors (Lipinski definition) is 1. The van der Waals surface area contributed by atoms with Crippen LogP contribution in [0.5, 0.6) is 5.75 Å². The molecule has 1 aliphatic heterocycles. The van der Waals surface area contributed by atoms with Crippen LogP contribution < -0.4 is 10.1 Å². The van der Waals surface area contributed by atoms with E-state index in [2.05, 4.69) is 35.6 Å². The van der Waals surface area contributed by atoms with E-state index in [0.717, 1.165) is 41.8 Å². The zero-order valence-corrected chi connectivity index (χ0v) is 21.8. The Kier molecular flexibility index (Phi) is 9.45. The number of nitrogens with zero attached hydrogens (tertiary/aromatic N) is 1. The van der Waals surface area contributed by atoms with Crippen molar-refractivity contribution in [3.8, 4) is 5.75 Å². The van der Waals surface area contributed by atoms with E-state index in [1.54, 1.807) is 4.90 Å².